The third-order valence-corrected chi connectivity index (χ3v) is 8.80. The van der Waals surface area contributed by atoms with Crippen LogP contribution in [-0.2, 0) is 21.5 Å². The van der Waals surface area contributed by atoms with Crippen molar-refractivity contribution in [2.45, 2.75) is 18.4 Å². The van der Waals surface area contributed by atoms with Crippen LogP contribution in [0.1, 0.15) is 16.7 Å². The van der Waals surface area contributed by atoms with Crippen LogP contribution >= 0.6 is 57.6 Å². The number of hydrogen-bond acceptors (Lipinski definition) is 7. The largest absolute Gasteiger partial charge is 0.493 e. The Labute approximate surface area is 242 Å². The molecule has 3 aromatic rings. The van der Waals surface area contributed by atoms with Gasteiger partial charge in [-0.15, -0.1) is 0 Å². The summed E-state index contributed by atoms with van der Waals surface area (Å²) in [5.41, 5.74) is 2.02. The van der Waals surface area contributed by atoms with Crippen molar-refractivity contribution in [2.24, 2.45) is 0 Å². The molecule has 0 atom stereocenters. The van der Waals surface area contributed by atoms with E-state index in [1.165, 1.54) is 31.4 Å². The Morgan fingerprint density at radius 1 is 1.05 bits per heavy atom. The monoisotopic (exact) mass is 689 g/mol. The molecule has 1 saturated heterocycles. The second kappa shape index (κ2) is 11.2. The van der Waals surface area contributed by atoms with Gasteiger partial charge in [0.2, 0.25) is 0 Å². The number of thioether (sulfide) groups is 1. The molecule has 192 valence electrons. The standard InChI is InChI=1S/C25H18Cl2INO6S2/c1-14-3-7-18(8-4-14)37(32,33)35-23-20(28)9-15(10-21(23)34-2)11-22-24(30)29(25(31)36-22)13-16-5-6-17(26)12-19(16)27/h3-12H,13H2,1-2H3/b22-11-. The van der Waals surface area contributed by atoms with Gasteiger partial charge in [0, 0.05) is 10.0 Å². The van der Waals surface area contributed by atoms with Gasteiger partial charge in [0.25, 0.3) is 11.1 Å². The molecule has 2 amide bonds. The molecule has 1 aliphatic heterocycles. The summed E-state index contributed by atoms with van der Waals surface area (Å²) in [7, 11) is -2.73. The van der Waals surface area contributed by atoms with E-state index in [0.29, 0.717) is 24.7 Å². The second-order valence-electron chi connectivity index (χ2n) is 7.89. The molecule has 1 aliphatic rings. The number of carbonyl (C=O) groups excluding carboxylic acids is 2. The molecule has 12 heteroatoms. The van der Waals surface area contributed by atoms with Crippen LogP contribution in [0.5, 0.6) is 11.5 Å². The van der Waals surface area contributed by atoms with Crippen molar-refractivity contribution in [1.29, 1.82) is 0 Å². The van der Waals surface area contributed by atoms with Gasteiger partial charge in [-0.05, 0) is 94.9 Å². The lowest BCUT2D eigenvalue weighted by molar-refractivity contribution is -0.123. The first-order valence-electron chi connectivity index (χ1n) is 10.6. The lowest BCUT2D eigenvalue weighted by atomic mass is 10.1. The predicted octanol–water partition coefficient (Wildman–Crippen LogP) is 6.92. The third-order valence-electron chi connectivity index (χ3n) is 5.27. The minimum absolute atomic E-state index is 0.00249. The fourth-order valence-corrected chi connectivity index (χ4v) is 6.52. The van der Waals surface area contributed by atoms with Crippen molar-refractivity contribution in [2.75, 3.05) is 7.11 Å². The minimum atomic E-state index is -4.11. The number of ether oxygens (including phenoxy) is 1. The van der Waals surface area contributed by atoms with Crippen LogP contribution in [0.2, 0.25) is 10.0 Å². The topological polar surface area (TPSA) is 90.0 Å². The molecule has 1 fully saturated rings. The maximum atomic E-state index is 13.0. The molecule has 4 rings (SSSR count). The lowest BCUT2D eigenvalue weighted by Gasteiger charge is -2.14. The van der Waals surface area contributed by atoms with Gasteiger partial charge >= 0.3 is 10.1 Å². The van der Waals surface area contributed by atoms with E-state index in [4.69, 9.17) is 32.1 Å². The van der Waals surface area contributed by atoms with Crippen LogP contribution in [0, 0.1) is 10.5 Å². The Hall–Kier alpha value is -2.25. The maximum absolute atomic E-state index is 13.0. The van der Waals surface area contributed by atoms with Crippen LogP contribution in [0.4, 0.5) is 4.79 Å². The Morgan fingerprint density at radius 2 is 1.76 bits per heavy atom. The van der Waals surface area contributed by atoms with Gasteiger partial charge in [-0.3, -0.25) is 14.5 Å². The fraction of sp³-hybridized carbons (Fsp3) is 0.120. The second-order valence-corrected chi connectivity index (χ2v) is 12.4. The summed E-state index contributed by atoms with van der Waals surface area (Å²) in [4.78, 5) is 26.9. The zero-order chi connectivity index (χ0) is 26.9. The number of rotatable bonds is 7. The number of amides is 2. The molecule has 0 bridgehead atoms. The van der Waals surface area contributed by atoms with Crippen molar-refractivity contribution in [3.05, 3.63) is 89.8 Å². The number of aryl methyl sites for hydroxylation is 1. The zero-order valence-corrected chi connectivity index (χ0v) is 24.6. The van der Waals surface area contributed by atoms with Gasteiger partial charge in [0.1, 0.15) is 4.90 Å². The Morgan fingerprint density at radius 3 is 2.41 bits per heavy atom. The first kappa shape index (κ1) is 27.8. The van der Waals surface area contributed by atoms with Crippen LogP contribution in [0.25, 0.3) is 6.08 Å². The van der Waals surface area contributed by atoms with E-state index in [0.717, 1.165) is 22.2 Å². The van der Waals surface area contributed by atoms with Crippen molar-refractivity contribution < 1.29 is 26.9 Å². The summed E-state index contributed by atoms with van der Waals surface area (Å²) < 4.78 is 36.8. The highest BCUT2D eigenvalue weighted by molar-refractivity contribution is 14.1. The molecule has 37 heavy (non-hydrogen) atoms. The predicted molar refractivity (Wildman–Crippen MR) is 153 cm³/mol. The smallest absolute Gasteiger partial charge is 0.339 e. The molecular formula is C25H18Cl2INO6S2. The SMILES string of the molecule is COc1cc(/C=C2\SC(=O)N(Cc3ccc(Cl)cc3Cl)C2=O)cc(I)c1OS(=O)(=O)c1ccc(C)cc1. The first-order valence-corrected chi connectivity index (χ1v) is 14.6. The molecule has 0 aromatic heterocycles. The number of nitrogens with zero attached hydrogens (tertiary/aromatic N) is 1. The Kier molecular flexibility index (Phi) is 8.44. The Bertz CT molecular complexity index is 1540. The molecule has 0 saturated carbocycles. The number of methoxy groups -OCH3 is 1. The van der Waals surface area contributed by atoms with E-state index in [1.54, 1.807) is 36.4 Å². The Balaban J connectivity index is 1.60. The number of imide groups is 1. The quantitative estimate of drug-likeness (QED) is 0.151. The van der Waals surface area contributed by atoms with Crippen LogP contribution < -0.4 is 8.92 Å². The van der Waals surface area contributed by atoms with Gasteiger partial charge < -0.3 is 8.92 Å². The average Bonchev–Trinajstić information content (AvgIpc) is 3.09. The van der Waals surface area contributed by atoms with E-state index in [2.05, 4.69) is 0 Å². The molecule has 3 aromatic carbocycles. The first-order chi connectivity index (χ1) is 17.5. The highest BCUT2D eigenvalue weighted by Crippen LogP contribution is 2.39. The van der Waals surface area contributed by atoms with Gasteiger partial charge in [0.15, 0.2) is 11.5 Å². The fourth-order valence-electron chi connectivity index (χ4n) is 3.37. The molecule has 0 radical (unpaired) electrons. The summed E-state index contributed by atoms with van der Waals surface area (Å²) in [6, 6.07) is 14.3. The molecule has 0 spiro atoms. The number of carbonyl (C=O) groups is 2. The van der Waals surface area contributed by atoms with E-state index >= 15 is 0 Å². The molecular weight excluding hydrogens is 672 g/mol. The molecule has 0 aliphatic carbocycles. The van der Waals surface area contributed by atoms with Gasteiger partial charge in [0.05, 0.1) is 22.1 Å². The van der Waals surface area contributed by atoms with Crippen LogP contribution in [0.3, 0.4) is 0 Å². The highest BCUT2D eigenvalue weighted by atomic mass is 127. The zero-order valence-electron chi connectivity index (χ0n) is 19.3. The van der Waals surface area contributed by atoms with E-state index in [1.807, 2.05) is 29.5 Å². The molecule has 7 nitrogen and oxygen atoms in total. The maximum Gasteiger partial charge on any atom is 0.339 e. The van der Waals surface area contributed by atoms with Crippen molar-refractivity contribution in [1.82, 2.24) is 4.90 Å². The van der Waals surface area contributed by atoms with Crippen LogP contribution in [0.15, 0.2) is 64.4 Å². The van der Waals surface area contributed by atoms with E-state index in [9.17, 15) is 18.0 Å². The molecule has 0 unspecified atom stereocenters. The normalized spacial score (nSPS) is 14.9. The number of hydrogen-bond donors (Lipinski definition) is 0. The van der Waals surface area contributed by atoms with Crippen molar-refractivity contribution in [3.8, 4) is 11.5 Å². The summed E-state index contributed by atoms with van der Waals surface area (Å²) in [5, 5.41) is 0.365. The van der Waals surface area contributed by atoms with Gasteiger partial charge in [-0.25, -0.2) is 0 Å². The van der Waals surface area contributed by atoms with Crippen molar-refractivity contribution >= 4 is 84.9 Å². The minimum Gasteiger partial charge on any atom is -0.493 e. The molecule has 0 N–H and O–H groups in total. The highest BCUT2D eigenvalue weighted by Gasteiger charge is 2.35. The van der Waals surface area contributed by atoms with Crippen LogP contribution in [-0.4, -0.2) is 31.6 Å². The lowest BCUT2D eigenvalue weighted by Crippen LogP contribution is -2.27. The summed E-state index contributed by atoms with van der Waals surface area (Å²) in [5.74, 6) is -0.301. The van der Waals surface area contributed by atoms with Gasteiger partial charge in [-0.1, -0.05) is 47.0 Å². The summed E-state index contributed by atoms with van der Waals surface area (Å²) in [6.45, 7) is 1.85. The van der Waals surface area contributed by atoms with E-state index in [-0.39, 0.29) is 27.8 Å². The average molecular weight is 690 g/mol. The third kappa shape index (κ3) is 6.26. The van der Waals surface area contributed by atoms with Crippen molar-refractivity contribution in [3.63, 3.8) is 0 Å². The summed E-state index contributed by atoms with van der Waals surface area (Å²) in [6.07, 6.45) is 1.54. The van der Waals surface area contributed by atoms with E-state index < -0.39 is 21.3 Å². The summed E-state index contributed by atoms with van der Waals surface area (Å²) >= 11 is 14.9. The van der Waals surface area contributed by atoms with Gasteiger partial charge in [-0.2, -0.15) is 8.42 Å². The number of benzene rings is 3. The molecule has 1 heterocycles. The number of halogens is 3.